The average Bonchev–Trinajstić information content (AvgIpc) is 3.33. The highest BCUT2D eigenvalue weighted by molar-refractivity contribution is 6.02. The Morgan fingerprint density at radius 2 is 1.73 bits per heavy atom. The standard InChI is InChI=1S/C21H18N2O3/c24-20(23-18-12-9-14-4-1-2-5-17(14)18)15-7-10-16(11-8-15)22-21(25)19-6-3-13-26-19/h1-8,10-11,13,18H,9,12H2,(H,22,25)(H,23,24)/t18-/m0/s1. The van der Waals surface area contributed by atoms with Gasteiger partial charge in [-0.15, -0.1) is 0 Å². The molecule has 0 bridgehead atoms. The average molecular weight is 346 g/mol. The largest absolute Gasteiger partial charge is 0.459 e. The topological polar surface area (TPSA) is 71.3 Å². The monoisotopic (exact) mass is 346 g/mol. The smallest absolute Gasteiger partial charge is 0.291 e. The molecule has 5 heteroatoms. The first-order valence-electron chi connectivity index (χ1n) is 8.54. The normalized spacial score (nSPS) is 15.3. The molecule has 1 aromatic heterocycles. The van der Waals surface area contributed by atoms with Gasteiger partial charge in [-0.05, 0) is 60.4 Å². The molecule has 26 heavy (non-hydrogen) atoms. The summed E-state index contributed by atoms with van der Waals surface area (Å²) in [6, 6.07) is 18.3. The minimum absolute atomic E-state index is 0.0528. The molecule has 1 aliphatic rings. The minimum atomic E-state index is -0.324. The highest BCUT2D eigenvalue weighted by atomic mass is 16.3. The number of aryl methyl sites for hydroxylation is 1. The molecule has 3 aromatic rings. The molecular formula is C21H18N2O3. The maximum absolute atomic E-state index is 12.5. The van der Waals surface area contributed by atoms with Gasteiger partial charge in [-0.3, -0.25) is 9.59 Å². The van der Waals surface area contributed by atoms with Crippen LogP contribution in [-0.4, -0.2) is 11.8 Å². The summed E-state index contributed by atoms with van der Waals surface area (Å²) in [7, 11) is 0. The van der Waals surface area contributed by atoms with Crippen LogP contribution in [0.4, 0.5) is 5.69 Å². The van der Waals surface area contributed by atoms with Gasteiger partial charge in [0.25, 0.3) is 11.8 Å². The fourth-order valence-electron chi connectivity index (χ4n) is 3.25. The molecule has 0 radical (unpaired) electrons. The highest BCUT2D eigenvalue weighted by Crippen LogP contribution is 2.30. The Labute approximate surface area is 151 Å². The first-order chi connectivity index (χ1) is 12.7. The molecule has 4 rings (SSSR count). The molecule has 1 atom stereocenters. The SMILES string of the molecule is O=C(N[C@H]1CCc2ccccc21)c1ccc(NC(=O)c2ccco2)cc1. The Balaban J connectivity index is 1.41. The molecule has 0 saturated carbocycles. The maximum Gasteiger partial charge on any atom is 0.291 e. The number of fused-ring (bicyclic) bond motifs is 1. The second-order valence-electron chi connectivity index (χ2n) is 6.27. The van der Waals surface area contributed by atoms with Crippen LogP contribution < -0.4 is 10.6 Å². The Bertz CT molecular complexity index is 930. The molecular weight excluding hydrogens is 328 g/mol. The molecule has 0 unspecified atom stereocenters. The molecule has 2 amide bonds. The van der Waals surface area contributed by atoms with E-state index in [9.17, 15) is 9.59 Å². The summed E-state index contributed by atoms with van der Waals surface area (Å²) >= 11 is 0. The van der Waals surface area contributed by atoms with Crippen molar-refractivity contribution in [3.8, 4) is 0 Å². The minimum Gasteiger partial charge on any atom is -0.459 e. The van der Waals surface area contributed by atoms with Crippen LogP contribution in [0.1, 0.15) is 44.5 Å². The van der Waals surface area contributed by atoms with Crippen molar-refractivity contribution in [1.29, 1.82) is 0 Å². The number of benzene rings is 2. The molecule has 130 valence electrons. The van der Waals surface area contributed by atoms with Crippen LogP contribution >= 0.6 is 0 Å². The second kappa shape index (κ2) is 6.88. The fourth-order valence-corrected chi connectivity index (χ4v) is 3.25. The fraction of sp³-hybridized carbons (Fsp3) is 0.143. The van der Waals surface area contributed by atoms with Crippen LogP contribution in [0.2, 0.25) is 0 Å². The van der Waals surface area contributed by atoms with E-state index < -0.39 is 0 Å². The van der Waals surface area contributed by atoms with E-state index in [4.69, 9.17) is 4.42 Å². The Hall–Kier alpha value is -3.34. The zero-order valence-corrected chi connectivity index (χ0v) is 14.1. The van der Waals surface area contributed by atoms with Gasteiger partial charge in [-0.25, -0.2) is 0 Å². The summed E-state index contributed by atoms with van der Waals surface area (Å²) in [5.41, 5.74) is 3.66. The van der Waals surface area contributed by atoms with Gasteiger partial charge in [0.2, 0.25) is 0 Å². The second-order valence-corrected chi connectivity index (χ2v) is 6.27. The predicted octanol–water partition coefficient (Wildman–Crippen LogP) is 3.95. The number of hydrogen-bond acceptors (Lipinski definition) is 3. The first kappa shape index (κ1) is 16.1. The molecule has 2 N–H and O–H groups in total. The van der Waals surface area contributed by atoms with Crippen LogP contribution in [-0.2, 0) is 6.42 Å². The molecule has 1 aliphatic carbocycles. The van der Waals surface area contributed by atoms with Crippen molar-refractivity contribution in [2.45, 2.75) is 18.9 Å². The summed E-state index contributed by atoms with van der Waals surface area (Å²) in [5.74, 6) is -0.197. The zero-order valence-electron chi connectivity index (χ0n) is 14.1. The van der Waals surface area contributed by atoms with Gasteiger partial charge >= 0.3 is 0 Å². The van der Waals surface area contributed by atoms with E-state index in [1.807, 2.05) is 12.1 Å². The van der Waals surface area contributed by atoms with Gasteiger partial charge in [0.1, 0.15) is 0 Å². The molecule has 2 aromatic carbocycles. The quantitative estimate of drug-likeness (QED) is 0.751. The lowest BCUT2D eigenvalue weighted by Crippen LogP contribution is -2.27. The van der Waals surface area contributed by atoms with Crippen molar-refractivity contribution < 1.29 is 14.0 Å². The van der Waals surface area contributed by atoms with Crippen molar-refractivity contribution in [2.24, 2.45) is 0 Å². The zero-order chi connectivity index (χ0) is 17.9. The third kappa shape index (κ3) is 3.24. The lowest BCUT2D eigenvalue weighted by molar-refractivity contribution is 0.0936. The van der Waals surface area contributed by atoms with E-state index in [1.54, 1.807) is 36.4 Å². The van der Waals surface area contributed by atoms with E-state index in [-0.39, 0.29) is 23.6 Å². The molecule has 5 nitrogen and oxygen atoms in total. The molecule has 1 heterocycles. The number of carbonyl (C=O) groups excluding carboxylic acids is 2. The third-order valence-corrected chi connectivity index (χ3v) is 4.59. The van der Waals surface area contributed by atoms with E-state index in [2.05, 4.69) is 22.8 Å². The van der Waals surface area contributed by atoms with Crippen molar-refractivity contribution in [3.63, 3.8) is 0 Å². The number of hydrogen-bond donors (Lipinski definition) is 2. The third-order valence-electron chi connectivity index (χ3n) is 4.59. The number of amides is 2. The Kier molecular flexibility index (Phi) is 4.27. The van der Waals surface area contributed by atoms with Crippen molar-refractivity contribution in [2.75, 3.05) is 5.32 Å². The van der Waals surface area contributed by atoms with Gasteiger partial charge in [0, 0.05) is 11.3 Å². The number of carbonyl (C=O) groups is 2. The van der Waals surface area contributed by atoms with Crippen LogP contribution in [0.5, 0.6) is 0 Å². The molecule has 0 saturated heterocycles. The Morgan fingerprint density at radius 1 is 0.923 bits per heavy atom. The van der Waals surface area contributed by atoms with Crippen molar-refractivity contribution >= 4 is 17.5 Å². The van der Waals surface area contributed by atoms with Crippen molar-refractivity contribution in [3.05, 3.63) is 89.4 Å². The molecule has 0 aliphatic heterocycles. The van der Waals surface area contributed by atoms with Gasteiger partial charge < -0.3 is 15.1 Å². The van der Waals surface area contributed by atoms with Gasteiger partial charge in [0.15, 0.2) is 5.76 Å². The number of nitrogens with one attached hydrogen (secondary N) is 2. The highest BCUT2D eigenvalue weighted by Gasteiger charge is 2.23. The summed E-state index contributed by atoms with van der Waals surface area (Å²) in [4.78, 5) is 24.5. The van der Waals surface area contributed by atoms with Crippen LogP contribution in [0.25, 0.3) is 0 Å². The number of rotatable bonds is 4. The summed E-state index contributed by atoms with van der Waals surface area (Å²) < 4.78 is 5.06. The van der Waals surface area contributed by atoms with E-state index in [0.717, 1.165) is 12.8 Å². The Morgan fingerprint density at radius 3 is 2.50 bits per heavy atom. The molecule has 0 fully saturated rings. The summed E-state index contributed by atoms with van der Waals surface area (Å²) in [6.45, 7) is 0. The number of anilines is 1. The van der Waals surface area contributed by atoms with Crippen molar-refractivity contribution in [1.82, 2.24) is 5.32 Å². The van der Waals surface area contributed by atoms with Crippen LogP contribution in [0.3, 0.4) is 0 Å². The van der Waals surface area contributed by atoms with Gasteiger partial charge in [-0.2, -0.15) is 0 Å². The van der Waals surface area contributed by atoms with E-state index in [0.29, 0.717) is 11.3 Å². The number of furan rings is 1. The van der Waals surface area contributed by atoms with Gasteiger partial charge in [-0.1, -0.05) is 24.3 Å². The molecule has 0 spiro atoms. The van der Waals surface area contributed by atoms with E-state index >= 15 is 0 Å². The maximum atomic E-state index is 12.5. The van der Waals surface area contributed by atoms with Crippen LogP contribution in [0.15, 0.2) is 71.3 Å². The predicted molar refractivity (Wildman–Crippen MR) is 98.1 cm³/mol. The summed E-state index contributed by atoms with van der Waals surface area (Å²) in [6.07, 6.45) is 3.35. The lowest BCUT2D eigenvalue weighted by atomic mass is 10.1. The summed E-state index contributed by atoms with van der Waals surface area (Å²) in [5, 5.41) is 5.82. The van der Waals surface area contributed by atoms with Crippen LogP contribution in [0, 0.1) is 0 Å². The van der Waals surface area contributed by atoms with Gasteiger partial charge in [0.05, 0.1) is 12.3 Å². The first-order valence-corrected chi connectivity index (χ1v) is 8.54. The lowest BCUT2D eigenvalue weighted by Gasteiger charge is -2.14. The van der Waals surface area contributed by atoms with E-state index in [1.165, 1.54) is 17.4 Å².